The standard InChI is InChI=1S/C18H22N8O3/c1-8-22-15(25-24-8)12-11-13(29-18(2,3)28-11)17(27-12)26-7-21-10-14(23-9-4-5-9)19-6-20-16(10)26/h6-7,9,11-13,17H,4-5H2,1-3H3,(H,19,20,23)(H,22,24,25)/t11-,12?,13-,17?/m1/s1. The number of nitrogens with zero attached hydrogens (tertiary/aromatic N) is 6. The molecule has 6 rings (SSSR count). The number of imidazole rings is 1. The van der Waals surface area contributed by atoms with Crippen molar-refractivity contribution < 1.29 is 14.2 Å². The van der Waals surface area contributed by atoms with Gasteiger partial charge >= 0.3 is 0 Å². The Balaban J connectivity index is 1.40. The highest BCUT2D eigenvalue weighted by molar-refractivity contribution is 5.83. The van der Waals surface area contributed by atoms with E-state index in [9.17, 15) is 0 Å². The van der Waals surface area contributed by atoms with Crippen LogP contribution in [0.1, 0.15) is 50.7 Å². The van der Waals surface area contributed by atoms with Crippen molar-refractivity contribution in [3.8, 4) is 0 Å². The quantitative estimate of drug-likeness (QED) is 0.674. The Morgan fingerprint density at radius 1 is 1.14 bits per heavy atom. The van der Waals surface area contributed by atoms with E-state index in [1.807, 2.05) is 25.3 Å². The molecule has 3 aliphatic rings. The van der Waals surface area contributed by atoms with Gasteiger partial charge in [-0.2, -0.15) is 0 Å². The molecule has 152 valence electrons. The van der Waals surface area contributed by atoms with Crippen molar-refractivity contribution in [1.29, 1.82) is 0 Å². The normalized spacial score (nSPS) is 30.7. The minimum absolute atomic E-state index is 0.328. The van der Waals surface area contributed by atoms with E-state index in [2.05, 4.69) is 35.5 Å². The SMILES string of the molecule is Cc1nnc(C2OC(n3cnc4c(NC5CC5)ncnc43)[C@@H]3OC(C)(C)O[C@H]23)[nH]1. The number of H-pyrrole nitrogens is 1. The number of rotatable bonds is 4. The van der Waals surface area contributed by atoms with Gasteiger partial charge in [0.1, 0.15) is 30.5 Å². The number of nitrogens with one attached hydrogen (secondary N) is 2. The lowest BCUT2D eigenvalue weighted by Gasteiger charge is -2.24. The average Bonchev–Trinajstić information content (AvgIpc) is 3.00. The molecule has 11 heteroatoms. The summed E-state index contributed by atoms with van der Waals surface area (Å²) in [6.45, 7) is 5.65. The average molecular weight is 398 g/mol. The number of aryl methyl sites for hydroxylation is 1. The fourth-order valence-electron chi connectivity index (χ4n) is 4.08. The van der Waals surface area contributed by atoms with Gasteiger partial charge in [0.05, 0.1) is 6.33 Å². The Hall–Kier alpha value is -2.63. The third kappa shape index (κ3) is 2.80. The Morgan fingerprint density at radius 3 is 2.72 bits per heavy atom. The van der Waals surface area contributed by atoms with Crippen molar-refractivity contribution in [1.82, 2.24) is 34.7 Å². The molecule has 2 saturated heterocycles. The largest absolute Gasteiger partial charge is 0.365 e. The first-order valence-electron chi connectivity index (χ1n) is 9.83. The minimum atomic E-state index is -0.727. The maximum atomic E-state index is 6.37. The van der Waals surface area contributed by atoms with Crippen LogP contribution in [-0.4, -0.2) is 58.7 Å². The molecule has 5 heterocycles. The van der Waals surface area contributed by atoms with Gasteiger partial charge < -0.3 is 24.5 Å². The van der Waals surface area contributed by atoms with Gasteiger partial charge in [-0.3, -0.25) is 4.57 Å². The second-order valence-electron chi connectivity index (χ2n) is 8.27. The van der Waals surface area contributed by atoms with Crippen molar-refractivity contribution in [3.63, 3.8) is 0 Å². The molecule has 0 amide bonds. The van der Waals surface area contributed by atoms with Crippen LogP contribution in [0.15, 0.2) is 12.7 Å². The molecule has 2 aliphatic heterocycles. The molecule has 3 aromatic heterocycles. The van der Waals surface area contributed by atoms with E-state index in [1.165, 1.54) is 0 Å². The maximum absolute atomic E-state index is 6.37. The smallest absolute Gasteiger partial charge is 0.167 e. The van der Waals surface area contributed by atoms with Crippen LogP contribution < -0.4 is 5.32 Å². The number of hydrogen-bond acceptors (Lipinski definition) is 9. The fourth-order valence-corrected chi connectivity index (χ4v) is 4.08. The van der Waals surface area contributed by atoms with Crippen LogP contribution in [-0.2, 0) is 14.2 Å². The predicted octanol–water partition coefficient (Wildman–Crippen LogP) is 1.62. The monoisotopic (exact) mass is 398 g/mol. The fraction of sp³-hybridized carbons (Fsp3) is 0.611. The lowest BCUT2D eigenvalue weighted by molar-refractivity contribution is -0.198. The van der Waals surface area contributed by atoms with Crippen molar-refractivity contribution >= 4 is 17.0 Å². The van der Waals surface area contributed by atoms with Gasteiger partial charge in [0, 0.05) is 6.04 Å². The van der Waals surface area contributed by atoms with Crippen LogP contribution in [0, 0.1) is 6.92 Å². The first-order chi connectivity index (χ1) is 14.0. The topological polar surface area (TPSA) is 125 Å². The second-order valence-corrected chi connectivity index (χ2v) is 8.27. The Bertz CT molecular complexity index is 1070. The zero-order valence-electron chi connectivity index (χ0n) is 16.4. The molecule has 3 aromatic rings. The van der Waals surface area contributed by atoms with Crippen molar-refractivity contribution in [3.05, 3.63) is 24.3 Å². The number of hydrogen-bond donors (Lipinski definition) is 2. The summed E-state index contributed by atoms with van der Waals surface area (Å²) in [5.74, 6) is 1.36. The first kappa shape index (κ1) is 17.2. The minimum Gasteiger partial charge on any atom is -0.365 e. The van der Waals surface area contributed by atoms with E-state index in [0.717, 1.165) is 30.0 Å². The molecule has 0 aromatic carbocycles. The van der Waals surface area contributed by atoms with Crippen LogP contribution in [0.25, 0.3) is 11.2 Å². The Kier molecular flexibility index (Phi) is 3.53. The maximum Gasteiger partial charge on any atom is 0.167 e. The number of anilines is 1. The highest BCUT2D eigenvalue weighted by Gasteiger charge is 2.57. The molecule has 11 nitrogen and oxygen atoms in total. The third-order valence-corrected chi connectivity index (χ3v) is 5.47. The molecule has 0 bridgehead atoms. The van der Waals surface area contributed by atoms with Gasteiger partial charge in [-0.05, 0) is 33.6 Å². The van der Waals surface area contributed by atoms with Crippen LogP contribution in [0.5, 0.6) is 0 Å². The molecule has 3 fully saturated rings. The third-order valence-electron chi connectivity index (χ3n) is 5.47. The second kappa shape index (κ2) is 5.94. The molecule has 0 spiro atoms. The highest BCUT2D eigenvalue weighted by atomic mass is 16.8. The van der Waals surface area contributed by atoms with E-state index in [1.54, 1.807) is 12.7 Å². The van der Waals surface area contributed by atoms with Crippen molar-refractivity contribution in [2.45, 2.75) is 70.0 Å². The van der Waals surface area contributed by atoms with Crippen molar-refractivity contribution in [2.75, 3.05) is 5.32 Å². The molecule has 1 aliphatic carbocycles. The van der Waals surface area contributed by atoms with Crippen LogP contribution in [0.4, 0.5) is 5.82 Å². The van der Waals surface area contributed by atoms with E-state index in [4.69, 9.17) is 14.2 Å². The van der Waals surface area contributed by atoms with Gasteiger partial charge in [0.2, 0.25) is 0 Å². The Labute approximate surface area is 166 Å². The molecule has 1 saturated carbocycles. The summed E-state index contributed by atoms with van der Waals surface area (Å²) in [6.07, 6.45) is 4.01. The summed E-state index contributed by atoms with van der Waals surface area (Å²) in [5, 5.41) is 11.7. The van der Waals surface area contributed by atoms with Gasteiger partial charge in [-0.25, -0.2) is 15.0 Å². The van der Waals surface area contributed by atoms with Gasteiger partial charge in [-0.15, -0.1) is 10.2 Å². The van der Waals surface area contributed by atoms with Gasteiger partial charge in [-0.1, -0.05) is 0 Å². The van der Waals surface area contributed by atoms with Crippen LogP contribution in [0.3, 0.4) is 0 Å². The molecular formula is C18H22N8O3. The Morgan fingerprint density at radius 2 is 1.97 bits per heavy atom. The summed E-state index contributed by atoms with van der Waals surface area (Å²) < 4.78 is 20.6. The van der Waals surface area contributed by atoms with Crippen molar-refractivity contribution in [2.24, 2.45) is 0 Å². The van der Waals surface area contributed by atoms with E-state index < -0.39 is 18.1 Å². The lowest BCUT2D eigenvalue weighted by Crippen LogP contribution is -2.27. The number of ether oxygens (including phenoxy) is 3. The molecule has 2 N–H and O–H groups in total. The van der Waals surface area contributed by atoms with E-state index >= 15 is 0 Å². The first-order valence-corrected chi connectivity index (χ1v) is 9.83. The molecular weight excluding hydrogens is 376 g/mol. The number of aromatic nitrogens is 7. The number of fused-ring (bicyclic) bond motifs is 2. The molecule has 4 atom stereocenters. The highest BCUT2D eigenvalue weighted by Crippen LogP contribution is 2.48. The zero-order valence-corrected chi connectivity index (χ0v) is 16.4. The summed E-state index contributed by atoms with van der Waals surface area (Å²) >= 11 is 0. The summed E-state index contributed by atoms with van der Waals surface area (Å²) in [4.78, 5) is 16.5. The predicted molar refractivity (Wildman–Crippen MR) is 99.8 cm³/mol. The molecule has 29 heavy (non-hydrogen) atoms. The summed E-state index contributed by atoms with van der Waals surface area (Å²) in [7, 11) is 0. The van der Waals surface area contributed by atoms with E-state index in [-0.39, 0.29) is 12.2 Å². The zero-order chi connectivity index (χ0) is 19.8. The summed E-state index contributed by atoms with van der Waals surface area (Å²) in [5.41, 5.74) is 1.41. The lowest BCUT2D eigenvalue weighted by atomic mass is 10.1. The molecule has 2 unspecified atom stereocenters. The summed E-state index contributed by atoms with van der Waals surface area (Å²) in [6, 6.07) is 0.469. The number of aromatic amines is 1. The molecule has 0 radical (unpaired) electrons. The van der Waals surface area contributed by atoms with Gasteiger partial charge in [0.15, 0.2) is 34.8 Å². The van der Waals surface area contributed by atoms with E-state index in [0.29, 0.717) is 17.5 Å². The van der Waals surface area contributed by atoms with Crippen LogP contribution in [0.2, 0.25) is 0 Å². The van der Waals surface area contributed by atoms with Crippen LogP contribution >= 0.6 is 0 Å². The van der Waals surface area contributed by atoms with Gasteiger partial charge in [0.25, 0.3) is 0 Å².